The van der Waals surface area contributed by atoms with Crippen LogP contribution in [0.15, 0.2) is 6.07 Å². The minimum atomic E-state index is -0.504. The third kappa shape index (κ3) is 2.29. The molecule has 0 unspecified atom stereocenters. The third-order valence-electron chi connectivity index (χ3n) is 1.67. The molecule has 0 spiro atoms. The number of anilines is 1. The Labute approximate surface area is 76.9 Å². The van der Waals surface area contributed by atoms with Crippen molar-refractivity contribution >= 4 is 11.7 Å². The van der Waals surface area contributed by atoms with Gasteiger partial charge in [-0.2, -0.15) is 5.10 Å². The summed E-state index contributed by atoms with van der Waals surface area (Å²) in [4.78, 5) is 11.2. The van der Waals surface area contributed by atoms with Gasteiger partial charge in [-0.1, -0.05) is 0 Å². The summed E-state index contributed by atoms with van der Waals surface area (Å²) in [7, 11) is 1.77. The van der Waals surface area contributed by atoms with Gasteiger partial charge in [-0.3, -0.25) is 9.48 Å². The van der Waals surface area contributed by atoms with Gasteiger partial charge in [0.2, 0.25) is 5.91 Å². The molecule has 0 saturated carbocycles. The molecule has 5 nitrogen and oxygen atoms in total. The molecule has 1 rings (SSSR count). The van der Waals surface area contributed by atoms with E-state index in [9.17, 15) is 4.79 Å². The Hall–Kier alpha value is -1.36. The van der Waals surface area contributed by atoms with Crippen LogP contribution in [0, 0.1) is 6.92 Å². The van der Waals surface area contributed by atoms with E-state index in [0.717, 1.165) is 5.69 Å². The van der Waals surface area contributed by atoms with Gasteiger partial charge >= 0.3 is 0 Å². The first-order valence-corrected chi connectivity index (χ1v) is 4.08. The highest BCUT2D eigenvalue weighted by molar-refractivity contribution is 5.93. The van der Waals surface area contributed by atoms with Gasteiger partial charge in [0.25, 0.3) is 0 Å². The summed E-state index contributed by atoms with van der Waals surface area (Å²) in [5.74, 6) is 0.461. The number of carbonyl (C=O) groups is 1. The van der Waals surface area contributed by atoms with Crippen LogP contribution in [0.3, 0.4) is 0 Å². The highest BCUT2D eigenvalue weighted by Crippen LogP contribution is 2.07. The summed E-state index contributed by atoms with van der Waals surface area (Å²) in [5.41, 5.74) is 6.26. The molecule has 1 aromatic heterocycles. The summed E-state index contributed by atoms with van der Waals surface area (Å²) >= 11 is 0. The number of hydrogen-bond donors (Lipinski definition) is 2. The molecule has 0 fully saturated rings. The topological polar surface area (TPSA) is 72.9 Å². The molecule has 1 amide bonds. The number of nitrogens with zero attached hydrogens (tertiary/aromatic N) is 2. The molecule has 3 N–H and O–H groups in total. The number of aryl methyl sites for hydroxylation is 2. The molecule has 72 valence electrons. The zero-order valence-electron chi connectivity index (χ0n) is 8.03. The van der Waals surface area contributed by atoms with Crippen molar-refractivity contribution in [3.8, 4) is 0 Å². The normalized spacial score (nSPS) is 12.6. The molecule has 1 atom stereocenters. The van der Waals surface area contributed by atoms with Gasteiger partial charge < -0.3 is 11.1 Å². The largest absolute Gasteiger partial charge is 0.320 e. The fraction of sp³-hybridized carbons (Fsp3) is 0.500. The number of nitrogens with two attached hydrogens (primary N) is 1. The Balaban J connectivity index is 2.74. The molecule has 0 radical (unpaired) electrons. The lowest BCUT2D eigenvalue weighted by molar-refractivity contribution is -0.117. The molecular weight excluding hydrogens is 168 g/mol. The maximum Gasteiger partial charge on any atom is 0.242 e. The van der Waals surface area contributed by atoms with E-state index in [0.29, 0.717) is 5.82 Å². The molecule has 5 heteroatoms. The van der Waals surface area contributed by atoms with E-state index in [1.54, 1.807) is 24.7 Å². The summed E-state index contributed by atoms with van der Waals surface area (Å²) in [5, 5.41) is 6.75. The Kier molecular flexibility index (Phi) is 2.67. The van der Waals surface area contributed by atoms with E-state index >= 15 is 0 Å². The number of hydrogen-bond acceptors (Lipinski definition) is 3. The van der Waals surface area contributed by atoms with Gasteiger partial charge in [0, 0.05) is 13.1 Å². The van der Waals surface area contributed by atoms with E-state index in [-0.39, 0.29) is 5.91 Å². The minimum Gasteiger partial charge on any atom is -0.320 e. The lowest BCUT2D eigenvalue weighted by atomic mass is 10.3. The Morgan fingerprint density at radius 1 is 1.77 bits per heavy atom. The van der Waals surface area contributed by atoms with Crippen molar-refractivity contribution in [1.29, 1.82) is 0 Å². The third-order valence-corrected chi connectivity index (χ3v) is 1.67. The molecule has 13 heavy (non-hydrogen) atoms. The summed E-state index contributed by atoms with van der Waals surface area (Å²) in [6.07, 6.45) is 0. The summed E-state index contributed by atoms with van der Waals surface area (Å²) < 4.78 is 1.61. The minimum absolute atomic E-state index is 0.206. The van der Waals surface area contributed by atoms with Gasteiger partial charge in [-0.05, 0) is 13.8 Å². The molecule has 0 bridgehead atoms. The summed E-state index contributed by atoms with van der Waals surface area (Å²) in [6, 6.07) is 1.29. The fourth-order valence-electron chi connectivity index (χ4n) is 0.968. The Morgan fingerprint density at radius 3 is 2.77 bits per heavy atom. The van der Waals surface area contributed by atoms with Gasteiger partial charge in [0.15, 0.2) is 0 Å². The molecule has 1 aromatic rings. The van der Waals surface area contributed by atoms with E-state index in [4.69, 9.17) is 5.73 Å². The second-order valence-electron chi connectivity index (χ2n) is 3.07. The van der Waals surface area contributed by atoms with Crippen molar-refractivity contribution < 1.29 is 4.79 Å². The van der Waals surface area contributed by atoms with Crippen molar-refractivity contribution in [2.45, 2.75) is 19.9 Å². The molecule has 1 heterocycles. The SMILES string of the molecule is Cc1cc(NC(=O)[C@@H](C)N)n(C)n1. The van der Waals surface area contributed by atoms with Crippen LogP contribution in [0.1, 0.15) is 12.6 Å². The zero-order chi connectivity index (χ0) is 10.0. The van der Waals surface area contributed by atoms with E-state index < -0.39 is 6.04 Å². The molecule has 0 aromatic carbocycles. The number of aromatic nitrogens is 2. The van der Waals surface area contributed by atoms with Crippen LogP contribution in [-0.4, -0.2) is 21.7 Å². The van der Waals surface area contributed by atoms with Crippen LogP contribution in [0.4, 0.5) is 5.82 Å². The smallest absolute Gasteiger partial charge is 0.242 e. The van der Waals surface area contributed by atoms with Crippen molar-refractivity contribution in [1.82, 2.24) is 9.78 Å². The molecule has 0 aliphatic heterocycles. The number of nitrogens with one attached hydrogen (secondary N) is 1. The second-order valence-corrected chi connectivity index (χ2v) is 3.07. The van der Waals surface area contributed by atoms with Crippen LogP contribution >= 0.6 is 0 Å². The van der Waals surface area contributed by atoms with Crippen molar-refractivity contribution in [2.24, 2.45) is 12.8 Å². The molecule has 0 saturated heterocycles. The number of amides is 1. The quantitative estimate of drug-likeness (QED) is 0.677. The van der Waals surface area contributed by atoms with Gasteiger partial charge in [0.05, 0.1) is 11.7 Å². The lowest BCUT2D eigenvalue weighted by Gasteiger charge is -2.06. The highest BCUT2D eigenvalue weighted by Gasteiger charge is 2.09. The van der Waals surface area contributed by atoms with Crippen LogP contribution in [0.2, 0.25) is 0 Å². The molecular formula is C8H14N4O. The maximum atomic E-state index is 11.2. The van der Waals surface area contributed by atoms with E-state index in [1.165, 1.54) is 0 Å². The first-order chi connectivity index (χ1) is 6.00. The maximum absolute atomic E-state index is 11.2. The van der Waals surface area contributed by atoms with Crippen LogP contribution in [0.5, 0.6) is 0 Å². The second kappa shape index (κ2) is 3.57. The van der Waals surface area contributed by atoms with Crippen LogP contribution < -0.4 is 11.1 Å². The van der Waals surface area contributed by atoms with Gasteiger partial charge in [-0.15, -0.1) is 0 Å². The standard InChI is InChI=1S/C8H14N4O/c1-5-4-7(12(3)11-5)10-8(13)6(2)9/h4,6H,9H2,1-3H3,(H,10,13)/t6-/m1/s1. The van der Waals surface area contributed by atoms with E-state index in [1.807, 2.05) is 6.92 Å². The van der Waals surface area contributed by atoms with Crippen molar-refractivity contribution in [3.05, 3.63) is 11.8 Å². The van der Waals surface area contributed by atoms with Crippen LogP contribution in [-0.2, 0) is 11.8 Å². The van der Waals surface area contributed by atoms with E-state index in [2.05, 4.69) is 10.4 Å². The predicted molar refractivity (Wildman–Crippen MR) is 50.2 cm³/mol. The molecule has 0 aliphatic rings. The first-order valence-electron chi connectivity index (χ1n) is 4.08. The van der Waals surface area contributed by atoms with Gasteiger partial charge in [0.1, 0.15) is 5.82 Å². The predicted octanol–water partition coefficient (Wildman–Crippen LogP) is 0.0142. The number of carbonyl (C=O) groups excluding carboxylic acids is 1. The monoisotopic (exact) mass is 182 g/mol. The van der Waals surface area contributed by atoms with Crippen molar-refractivity contribution in [2.75, 3.05) is 5.32 Å². The molecule has 0 aliphatic carbocycles. The average molecular weight is 182 g/mol. The zero-order valence-corrected chi connectivity index (χ0v) is 8.03. The highest BCUT2D eigenvalue weighted by atomic mass is 16.2. The van der Waals surface area contributed by atoms with Gasteiger partial charge in [-0.25, -0.2) is 0 Å². The lowest BCUT2D eigenvalue weighted by Crippen LogP contribution is -2.33. The first kappa shape index (κ1) is 9.73. The Bertz CT molecular complexity index is 316. The average Bonchev–Trinajstić information content (AvgIpc) is 2.30. The summed E-state index contributed by atoms with van der Waals surface area (Å²) in [6.45, 7) is 3.50. The number of rotatable bonds is 2. The Morgan fingerprint density at radius 2 is 2.38 bits per heavy atom. The fourth-order valence-corrected chi connectivity index (χ4v) is 0.968. The van der Waals surface area contributed by atoms with Crippen LogP contribution in [0.25, 0.3) is 0 Å². The van der Waals surface area contributed by atoms with Crippen molar-refractivity contribution in [3.63, 3.8) is 0 Å².